The monoisotopic (exact) mass is 345 g/mol. The summed E-state index contributed by atoms with van der Waals surface area (Å²) in [5, 5.41) is 0. The van der Waals surface area contributed by atoms with Crippen LogP contribution in [0.5, 0.6) is 0 Å². The third kappa shape index (κ3) is 3.25. The van der Waals surface area contributed by atoms with Gasteiger partial charge < -0.3 is 19.5 Å². The van der Waals surface area contributed by atoms with Gasteiger partial charge in [0.2, 0.25) is 5.91 Å². The van der Waals surface area contributed by atoms with E-state index < -0.39 is 0 Å². The largest absolute Gasteiger partial charge is 0.377 e. The predicted molar refractivity (Wildman–Crippen MR) is 94.3 cm³/mol. The second-order valence-corrected chi connectivity index (χ2v) is 7.69. The number of nitrogens with zero attached hydrogens (tertiary/aromatic N) is 2. The minimum absolute atomic E-state index is 0.0438. The molecule has 0 bridgehead atoms. The predicted octanol–water partition coefficient (Wildman–Crippen LogP) is 1.01. The number of carbonyl (C=O) groups excluding carboxylic acids is 1. The van der Waals surface area contributed by atoms with Gasteiger partial charge in [-0.15, -0.1) is 0 Å². The van der Waals surface area contributed by atoms with Crippen LogP contribution in [-0.2, 0) is 22.5 Å². The molecule has 0 aromatic carbocycles. The Hall–Kier alpha value is -1.66. The number of likely N-dealkylation sites (tertiary alicyclic amines) is 1. The van der Waals surface area contributed by atoms with Gasteiger partial charge in [0, 0.05) is 24.9 Å². The van der Waals surface area contributed by atoms with Crippen molar-refractivity contribution >= 4 is 5.91 Å². The lowest BCUT2D eigenvalue weighted by molar-refractivity contribution is -0.139. The third-order valence-electron chi connectivity index (χ3n) is 6.15. The molecule has 2 saturated heterocycles. The minimum atomic E-state index is -0.0652. The van der Waals surface area contributed by atoms with Crippen LogP contribution in [0, 0.1) is 11.8 Å². The maximum absolute atomic E-state index is 13.2. The molecular formula is C19H27N3O3. The molecule has 1 aromatic heterocycles. The molecule has 3 aliphatic heterocycles. The van der Waals surface area contributed by atoms with Crippen molar-refractivity contribution in [3.8, 4) is 0 Å². The maximum Gasteiger partial charge on any atom is 0.253 e. The molecule has 2 atom stereocenters. The highest BCUT2D eigenvalue weighted by Gasteiger charge is 2.42. The summed E-state index contributed by atoms with van der Waals surface area (Å²) in [5.74, 6) is 0.612. The summed E-state index contributed by atoms with van der Waals surface area (Å²) in [7, 11) is 2.15. The first kappa shape index (κ1) is 16.8. The van der Waals surface area contributed by atoms with Crippen LogP contribution in [0.2, 0.25) is 0 Å². The van der Waals surface area contributed by atoms with E-state index in [1.165, 1.54) is 0 Å². The number of carbonyl (C=O) groups is 1. The number of ether oxygens (including phenoxy) is 1. The van der Waals surface area contributed by atoms with Crippen molar-refractivity contribution < 1.29 is 9.53 Å². The van der Waals surface area contributed by atoms with E-state index in [0.29, 0.717) is 25.6 Å². The zero-order chi connectivity index (χ0) is 17.4. The highest BCUT2D eigenvalue weighted by Crippen LogP contribution is 2.34. The quantitative estimate of drug-likeness (QED) is 0.869. The molecule has 0 unspecified atom stereocenters. The Bertz CT molecular complexity index is 693. The number of aromatic amines is 1. The Morgan fingerprint density at radius 3 is 2.84 bits per heavy atom. The third-order valence-corrected chi connectivity index (χ3v) is 6.15. The Labute approximate surface area is 148 Å². The smallest absolute Gasteiger partial charge is 0.253 e. The van der Waals surface area contributed by atoms with Gasteiger partial charge in [-0.05, 0) is 63.4 Å². The Morgan fingerprint density at radius 2 is 2.04 bits per heavy atom. The number of amides is 1. The number of pyridine rings is 1. The van der Waals surface area contributed by atoms with Crippen LogP contribution in [0.4, 0.5) is 0 Å². The molecule has 2 fully saturated rings. The number of H-pyrrole nitrogens is 1. The molecule has 1 aromatic rings. The van der Waals surface area contributed by atoms with Gasteiger partial charge in [-0.2, -0.15) is 0 Å². The van der Waals surface area contributed by atoms with Gasteiger partial charge in [0.05, 0.1) is 18.6 Å². The average molecular weight is 345 g/mol. The zero-order valence-corrected chi connectivity index (χ0v) is 14.9. The second kappa shape index (κ2) is 6.92. The van der Waals surface area contributed by atoms with Gasteiger partial charge >= 0.3 is 0 Å². The number of aromatic nitrogens is 1. The van der Waals surface area contributed by atoms with Crippen molar-refractivity contribution in [2.45, 2.75) is 38.3 Å². The first-order valence-electron chi connectivity index (χ1n) is 9.42. The van der Waals surface area contributed by atoms with Crippen molar-refractivity contribution in [1.29, 1.82) is 0 Å². The molecule has 1 N–H and O–H groups in total. The van der Waals surface area contributed by atoms with Crippen molar-refractivity contribution in [2.24, 2.45) is 11.8 Å². The van der Waals surface area contributed by atoms with Crippen LogP contribution in [-0.4, -0.2) is 60.1 Å². The summed E-state index contributed by atoms with van der Waals surface area (Å²) >= 11 is 0. The molecule has 0 saturated carbocycles. The fourth-order valence-electron chi connectivity index (χ4n) is 4.60. The summed E-state index contributed by atoms with van der Waals surface area (Å²) in [6, 6.07) is 1.96. The number of rotatable bonds is 2. The molecule has 0 radical (unpaired) electrons. The minimum Gasteiger partial charge on any atom is -0.377 e. The Kier molecular flexibility index (Phi) is 4.65. The second-order valence-electron chi connectivity index (χ2n) is 7.69. The molecule has 1 amide bonds. The zero-order valence-electron chi connectivity index (χ0n) is 14.9. The van der Waals surface area contributed by atoms with E-state index in [4.69, 9.17) is 4.74 Å². The van der Waals surface area contributed by atoms with Gasteiger partial charge in [-0.3, -0.25) is 9.59 Å². The van der Waals surface area contributed by atoms with E-state index >= 15 is 0 Å². The van der Waals surface area contributed by atoms with Crippen LogP contribution in [0.25, 0.3) is 0 Å². The summed E-state index contributed by atoms with van der Waals surface area (Å²) in [5.41, 5.74) is 1.75. The van der Waals surface area contributed by atoms with Gasteiger partial charge in [-0.25, -0.2) is 0 Å². The topological polar surface area (TPSA) is 65.6 Å². The van der Waals surface area contributed by atoms with Crippen molar-refractivity contribution in [2.75, 3.05) is 33.3 Å². The lowest BCUT2D eigenvalue weighted by Gasteiger charge is -2.36. The molecule has 0 aliphatic carbocycles. The molecule has 0 spiro atoms. The number of hydrogen-bond acceptors (Lipinski definition) is 4. The fraction of sp³-hybridized carbons (Fsp3) is 0.684. The molecule has 6 heteroatoms. The van der Waals surface area contributed by atoms with Crippen molar-refractivity contribution in [3.63, 3.8) is 0 Å². The SMILES string of the molecule is CN1CCC([C@H]2OCC[C@@H]2C(=O)N2CCc3cc[nH]c(=O)c3C2)CC1. The fourth-order valence-corrected chi connectivity index (χ4v) is 4.60. The molecule has 6 nitrogen and oxygen atoms in total. The summed E-state index contributed by atoms with van der Waals surface area (Å²) in [6.45, 7) is 3.97. The lowest BCUT2D eigenvalue weighted by atomic mass is 9.83. The van der Waals surface area contributed by atoms with Gasteiger partial charge in [0.15, 0.2) is 0 Å². The van der Waals surface area contributed by atoms with Crippen LogP contribution in [0.3, 0.4) is 0 Å². The molecule has 3 aliphatic rings. The summed E-state index contributed by atoms with van der Waals surface area (Å²) < 4.78 is 6.01. The summed E-state index contributed by atoms with van der Waals surface area (Å²) in [4.78, 5) is 32.2. The van der Waals surface area contributed by atoms with E-state index in [1.807, 2.05) is 11.0 Å². The standard InChI is InChI=1S/C19H27N3O3/c1-21-8-3-14(4-9-21)17-15(6-11-25-17)19(24)22-10-5-13-2-7-20-18(23)16(13)12-22/h2,7,14-15,17H,3-6,8-12H2,1H3,(H,20,23)/t15-,17+/m0/s1. The number of nitrogens with one attached hydrogen (secondary N) is 1. The molecular weight excluding hydrogens is 318 g/mol. The van der Waals surface area contributed by atoms with Gasteiger partial charge in [0.25, 0.3) is 5.56 Å². The van der Waals surface area contributed by atoms with E-state index in [0.717, 1.165) is 49.9 Å². The molecule has 25 heavy (non-hydrogen) atoms. The first-order valence-corrected chi connectivity index (χ1v) is 9.42. The van der Waals surface area contributed by atoms with Crippen LogP contribution >= 0.6 is 0 Å². The molecule has 136 valence electrons. The van der Waals surface area contributed by atoms with Crippen molar-refractivity contribution in [1.82, 2.24) is 14.8 Å². The van der Waals surface area contributed by atoms with Gasteiger partial charge in [0.1, 0.15) is 0 Å². The number of fused-ring (bicyclic) bond motifs is 1. The normalized spacial score (nSPS) is 28.1. The highest BCUT2D eigenvalue weighted by atomic mass is 16.5. The first-order chi connectivity index (χ1) is 12.1. The van der Waals surface area contributed by atoms with Crippen LogP contribution < -0.4 is 5.56 Å². The molecule has 4 heterocycles. The van der Waals surface area contributed by atoms with E-state index in [1.54, 1.807) is 6.20 Å². The van der Waals surface area contributed by atoms with Crippen molar-refractivity contribution in [3.05, 3.63) is 33.7 Å². The Morgan fingerprint density at radius 1 is 1.24 bits per heavy atom. The highest BCUT2D eigenvalue weighted by molar-refractivity contribution is 5.80. The van der Waals surface area contributed by atoms with Gasteiger partial charge in [-0.1, -0.05) is 0 Å². The molecule has 4 rings (SSSR count). The van der Waals surface area contributed by atoms with E-state index in [9.17, 15) is 9.59 Å². The van der Waals surface area contributed by atoms with Crippen LogP contribution in [0.1, 0.15) is 30.4 Å². The maximum atomic E-state index is 13.2. The number of hydrogen-bond donors (Lipinski definition) is 1. The average Bonchev–Trinajstić information content (AvgIpc) is 3.11. The Balaban J connectivity index is 1.47. The number of piperidine rings is 1. The van der Waals surface area contributed by atoms with Crippen LogP contribution in [0.15, 0.2) is 17.1 Å². The van der Waals surface area contributed by atoms with E-state index in [-0.39, 0.29) is 23.5 Å². The lowest BCUT2D eigenvalue weighted by Crippen LogP contribution is -2.46. The van der Waals surface area contributed by atoms with E-state index in [2.05, 4.69) is 16.9 Å². The summed E-state index contributed by atoms with van der Waals surface area (Å²) in [6.07, 6.45) is 5.53.